The molecule has 1 aliphatic heterocycles. The number of amides is 1. The van der Waals surface area contributed by atoms with Crippen LogP contribution in [0.1, 0.15) is 30.6 Å². The lowest BCUT2D eigenvalue weighted by molar-refractivity contribution is 0.0768. The number of fused-ring (bicyclic) bond motifs is 2. The van der Waals surface area contributed by atoms with Gasteiger partial charge in [0.05, 0.1) is 16.6 Å². The molecule has 5 rings (SSSR count). The van der Waals surface area contributed by atoms with Crippen LogP contribution in [-0.2, 0) is 6.54 Å². The molecular weight excluding hydrogens is 386 g/mol. The third-order valence-electron chi connectivity index (χ3n) is 6.04. The summed E-state index contributed by atoms with van der Waals surface area (Å²) >= 11 is 0. The highest BCUT2D eigenvalue weighted by Gasteiger charge is 2.24. The fourth-order valence-corrected chi connectivity index (χ4v) is 4.55. The first kappa shape index (κ1) is 19.7. The number of carbonyl (C=O) groups excluding carboxylic acids is 1. The smallest absolute Gasteiger partial charge is 0.256 e. The molecule has 0 radical (unpaired) electrons. The number of carbonyl (C=O) groups is 1. The van der Waals surface area contributed by atoms with Crippen LogP contribution in [0.25, 0.3) is 21.9 Å². The molecule has 1 saturated heterocycles. The Morgan fingerprint density at radius 1 is 1.03 bits per heavy atom. The SMILES string of the molecule is CC(C)Cn1cc(C(=O)N2CCCN(c3nc4ccccc4[nH]3)CC2)c2ccccc21. The van der Waals surface area contributed by atoms with Gasteiger partial charge in [-0.2, -0.15) is 0 Å². The minimum atomic E-state index is 0.130. The largest absolute Gasteiger partial charge is 0.346 e. The highest BCUT2D eigenvalue weighted by atomic mass is 16.2. The molecule has 4 aromatic rings. The van der Waals surface area contributed by atoms with Gasteiger partial charge in [0.25, 0.3) is 5.91 Å². The second kappa shape index (κ2) is 8.10. The van der Waals surface area contributed by atoms with Gasteiger partial charge in [-0.15, -0.1) is 0 Å². The number of nitrogens with one attached hydrogen (secondary N) is 1. The van der Waals surface area contributed by atoms with Crippen molar-refractivity contribution in [3.05, 3.63) is 60.3 Å². The van der Waals surface area contributed by atoms with Crippen LogP contribution in [0.5, 0.6) is 0 Å². The number of aromatic nitrogens is 3. The van der Waals surface area contributed by atoms with Gasteiger partial charge in [-0.3, -0.25) is 4.79 Å². The van der Waals surface area contributed by atoms with E-state index >= 15 is 0 Å². The molecule has 0 unspecified atom stereocenters. The lowest BCUT2D eigenvalue weighted by Gasteiger charge is -2.21. The quantitative estimate of drug-likeness (QED) is 0.533. The molecule has 1 fully saturated rings. The number of hydrogen-bond donors (Lipinski definition) is 1. The van der Waals surface area contributed by atoms with E-state index in [0.29, 0.717) is 12.5 Å². The van der Waals surface area contributed by atoms with E-state index in [-0.39, 0.29) is 5.91 Å². The first-order valence-corrected chi connectivity index (χ1v) is 11.2. The van der Waals surface area contributed by atoms with E-state index in [0.717, 1.165) is 66.0 Å². The predicted molar refractivity (Wildman–Crippen MR) is 126 cm³/mol. The van der Waals surface area contributed by atoms with E-state index in [1.165, 1.54) is 0 Å². The summed E-state index contributed by atoms with van der Waals surface area (Å²) in [7, 11) is 0. The number of nitrogens with zero attached hydrogens (tertiary/aromatic N) is 4. The molecule has 0 aliphatic carbocycles. The van der Waals surface area contributed by atoms with Gasteiger partial charge in [0.2, 0.25) is 5.95 Å². The topological polar surface area (TPSA) is 57.2 Å². The van der Waals surface area contributed by atoms with Crippen LogP contribution < -0.4 is 4.90 Å². The molecule has 6 nitrogen and oxygen atoms in total. The van der Waals surface area contributed by atoms with Crippen molar-refractivity contribution in [2.45, 2.75) is 26.8 Å². The van der Waals surface area contributed by atoms with Crippen molar-refractivity contribution in [1.82, 2.24) is 19.4 Å². The summed E-state index contributed by atoms with van der Waals surface area (Å²) in [6.07, 6.45) is 2.97. The van der Waals surface area contributed by atoms with Gasteiger partial charge < -0.3 is 19.4 Å². The molecule has 6 heteroatoms. The molecular formula is C25H29N5O. The van der Waals surface area contributed by atoms with Gasteiger partial charge >= 0.3 is 0 Å². The average Bonchev–Trinajstić information content (AvgIpc) is 3.26. The van der Waals surface area contributed by atoms with E-state index in [1.54, 1.807) is 0 Å². The lowest BCUT2D eigenvalue weighted by Crippen LogP contribution is -2.35. The van der Waals surface area contributed by atoms with Gasteiger partial charge in [-0.1, -0.05) is 44.2 Å². The lowest BCUT2D eigenvalue weighted by atomic mass is 10.1. The highest BCUT2D eigenvalue weighted by Crippen LogP contribution is 2.25. The van der Waals surface area contributed by atoms with Crippen LogP contribution in [0.4, 0.5) is 5.95 Å². The molecule has 1 aliphatic rings. The third-order valence-corrected chi connectivity index (χ3v) is 6.04. The molecule has 1 N–H and O–H groups in total. The van der Waals surface area contributed by atoms with E-state index in [1.807, 2.05) is 41.3 Å². The Bertz CT molecular complexity index is 1190. The Balaban J connectivity index is 1.37. The molecule has 2 aromatic heterocycles. The number of rotatable bonds is 4. The van der Waals surface area contributed by atoms with Gasteiger partial charge in [0.15, 0.2) is 0 Å². The molecule has 3 heterocycles. The van der Waals surface area contributed by atoms with Crippen LogP contribution in [0.3, 0.4) is 0 Å². The average molecular weight is 416 g/mol. The van der Waals surface area contributed by atoms with Crippen LogP contribution in [0, 0.1) is 5.92 Å². The summed E-state index contributed by atoms with van der Waals surface area (Å²) < 4.78 is 2.23. The summed E-state index contributed by atoms with van der Waals surface area (Å²) in [4.78, 5) is 25.9. The van der Waals surface area contributed by atoms with Gasteiger partial charge in [0, 0.05) is 49.8 Å². The number of imidazole rings is 1. The zero-order valence-corrected chi connectivity index (χ0v) is 18.2. The maximum absolute atomic E-state index is 13.5. The van der Waals surface area contributed by atoms with E-state index in [4.69, 9.17) is 4.98 Å². The van der Waals surface area contributed by atoms with Gasteiger partial charge in [-0.05, 0) is 30.5 Å². The summed E-state index contributed by atoms with van der Waals surface area (Å²) in [6.45, 7) is 8.44. The molecule has 2 aromatic carbocycles. The van der Waals surface area contributed by atoms with Crippen LogP contribution in [0.2, 0.25) is 0 Å². The molecule has 31 heavy (non-hydrogen) atoms. The highest BCUT2D eigenvalue weighted by molar-refractivity contribution is 6.07. The summed E-state index contributed by atoms with van der Waals surface area (Å²) in [6, 6.07) is 16.3. The normalized spacial score (nSPS) is 15.2. The molecule has 0 bridgehead atoms. The van der Waals surface area contributed by atoms with Crippen LogP contribution in [0.15, 0.2) is 54.7 Å². The van der Waals surface area contributed by atoms with E-state index in [9.17, 15) is 4.79 Å². The first-order valence-electron chi connectivity index (χ1n) is 11.2. The van der Waals surface area contributed by atoms with Crippen molar-refractivity contribution >= 4 is 33.8 Å². The summed E-state index contributed by atoms with van der Waals surface area (Å²) in [5, 5.41) is 1.05. The monoisotopic (exact) mass is 415 g/mol. The molecule has 0 atom stereocenters. The van der Waals surface area contributed by atoms with Gasteiger partial charge in [-0.25, -0.2) is 4.98 Å². The Morgan fingerprint density at radius 2 is 1.84 bits per heavy atom. The third kappa shape index (κ3) is 3.78. The number of aromatic amines is 1. The molecule has 160 valence electrons. The zero-order valence-electron chi connectivity index (χ0n) is 18.2. The Morgan fingerprint density at radius 3 is 2.68 bits per heavy atom. The van der Waals surface area contributed by atoms with Crippen molar-refractivity contribution in [3.63, 3.8) is 0 Å². The summed E-state index contributed by atoms with van der Waals surface area (Å²) in [5.74, 6) is 1.54. The number of H-pyrrole nitrogens is 1. The van der Waals surface area contributed by atoms with Crippen molar-refractivity contribution in [2.24, 2.45) is 5.92 Å². The molecule has 1 amide bonds. The first-order chi connectivity index (χ1) is 15.1. The number of benzene rings is 2. The van der Waals surface area contributed by atoms with E-state index in [2.05, 4.69) is 46.6 Å². The van der Waals surface area contributed by atoms with Gasteiger partial charge in [0.1, 0.15) is 0 Å². The van der Waals surface area contributed by atoms with Crippen molar-refractivity contribution in [3.8, 4) is 0 Å². The Hall–Kier alpha value is -3.28. The maximum Gasteiger partial charge on any atom is 0.256 e. The molecule has 0 spiro atoms. The number of anilines is 1. The van der Waals surface area contributed by atoms with Crippen LogP contribution in [-0.4, -0.2) is 51.5 Å². The van der Waals surface area contributed by atoms with Crippen molar-refractivity contribution < 1.29 is 4.79 Å². The van der Waals surface area contributed by atoms with Crippen molar-refractivity contribution in [2.75, 3.05) is 31.1 Å². The fraction of sp³-hybridized carbons (Fsp3) is 0.360. The Labute approximate surface area is 182 Å². The second-order valence-corrected chi connectivity index (χ2v) is 8.82. The van der Waals surface area contributed by atoms with E-state index < -0.39 is 0 Å². The van der Waals surface area contributed by atoms with Crippen LogP contribution >= 0.6 is 0 Å². The maximum atomic E-state index is 13.5. The number of para-hydroxylation sites is 3. The standard InChI is InChI=1S/C25H29N5O/c1-18(2)16-30-17-20(19-8-3-6-11-23(19)30)24(31)28-12-7-13-29(15-14-28)25-26-21-9-4-5-10-22(21)27-25/h3-6,8-11,17-18H,7,12-16H2,1-2H3,(H,26,27). The predicted octanol–water partition coefficient (Wildman–Crippen LogP) is 4.53. The Kier molecular flexibility index (Phi) is 5.14. The molecule has 0 saturated carbocycles. The summed E-state index contributed by atoms with van der Waals surface area (Å²) in [5.41, 5.74) is 3.98. The van der Waals surface area contributed by atoms with Crippen molar-refractivity contribution in [1.29, 1.82) is 0 Å². The number of hydrogen-bond acceptors (Lipinski definition) is 3. The minimum absolute atomic E-state index is 0.130. The zero-order chi connectivity index (χ0) is 21.4. The second-order valence-electron chi connectivity index (χ2n) is 8.82. The fourth-order valence-electron chi connectivity index (χ4n) is 4.55. The minimum Gasteiger partial charge on any atom is -0.346 e.